The van der Waals surface area contributed by atoms with Crippen molar-refractivity contribution in [2.75, 3.05) is 5.32 Å². The summed E-state index contributed by atoms with van der Waals surface area (Å²) in [5.74, 6) is -0.686. The fraction of sp³-hybridized carbons (Fsp3) is 0.296. The van der Waals surface area contributed by atoms with Gasteiger partial charge in [-0.15, -0.1) is 22.9 Å². The minimum absolute atomic E-state index is 0.0461. The van der Waals surface area contributed by atoms with Crippen LogP contribution in [0.1, 0.15) is 68.1 Å². The van der Waals surface area contributed by atoms with Crippen LogP contribution in [0, 0.1) is 5.41 Å². The third-order valence-electron chi connectivity index (χ3n) is 6.25. The highest BCUT2D eigenvalue weighted by molar-refractivity contribution is 7.17. The molecule has 3 aromatic rings. The zero-order chi connectivity index (χ0) is 27.7. The number of nitrogens with zero attached hydrogens (tertiary/aromatic N) is 1. The molecule has 0 aliphatic heterocycles. The number of hydrogen-bond donors (Lipinski definition) is 2. The Bertz CT molecular complexity index is 1420. The Labute approximate surface area is 232 Å². The third kappa shape index (κ3) is 6.39. The summed E-state index contributed by atoms with van der Waals surface area (Å²) >= 11 is 12.9. The number of anilines is 1. The zero-order valence-corrected chi connectivity index (χ0v) is 22.8. The predicted octanol–water partition coefficient (Wildman–Crippen LogP) is 7.69. The highest BCUT2D eigenvalue weighted by Crippen LogP contribution is 2.44. The summed E-state index contributed by atoms with van der Waals surface area (Å²) in [6.07, 6.45) is -1.25. The van der Waals surface area contributed by atoms with Gasteiger partial charge in [0.1, 0.15) is 5.00 Å². The second kappa shape index (κ2) is 11.1. The molecule has 2 N–H and O–H groups in total. The van der Waals surface area contributed by atoms with Gasteiger partial charge in [0.05, 0.1) is 22.4 Å². The molecular weight excluding hydrogens is 558 g/mol. The van der Waals surface area contributed by atoms with Crippen LogP contribution in [-0.2, 0) is 24.9 Å². The summed E-state index contributed by atoms with van der Waals surface area (Å²) in [6.45, 7) is 4.30. The van der Waals surface area contributed by atoms with E-state index in [4.69, 9.17) is 23.2 Å². The van der Waals surface area contributed by atoms with Crippen LogP contribution in [-0.4, -0.2) is 18.0 Å². The van der Waals surface area contributed by atoms with E-state index in [2.05, 4.69) is 29.7 Å². The summed E-state index contributed by atoms with van der Waals surface area (Å²) in [5, 5.41) is 6.71. The van der Waals surface area contributed by atoms with Gasteiger partial charge in [0, 0.05) is 16.3 Å². The number of carbonyl (C=O) groups is 2. The number of alkyl halides is 4. The maximum atomic E-state index is 13.3. The van der Waals surface area contributed by atoms with Crippen molar-refractivity contribution in [3.05, 3.63) is 85.7 Å². The second-order valence-electron chi connectivity index (χ2n) is 9.77. The van der Waals surface area contributed by atoms with Crippen molar-refractivity contribution in [3.8, 4) is 0 Å². The molecule has 2 aromatic carbocycles. The van der Waals surface area contributed by atoms with Gasteiger partial charge in [0.25, 0.3) is 11.8 Å². The van der Waals surface area contributed by atoms with Crippen LogP contribution in [0.25, 0.3) is 0 Å². The van der Waals surface area contributed by atoms with Crippen LogP contribution in [0.5, 0.6) is 0 Å². The minimum Gasteiger partial charge on any atom is -0.313 e. The number of benzene rings is 2. The van der Waals surface area contributed by atoms with Crippen molar-refractivity contribution in [1.82, 2.24) is 5.43 Å². The van der Waals surface area contributed by atoms with Gasteiger partial charge in [0.15, 0.2) is 0 Å². The van der Waals surface area contributed by atoms with E-state index in [0.717, 1.165) is 47.2 Å². The lowest BCUT2D eigenvalue weighted by molar-refractivity contribution is -0.137. The number of thiophene rings is 1. The predicted molar refractivity (Wildman–Crippen MR) is 146 cm³/mol. The monoisotopic (exact) mass is 581 g/mol. The fourth-order valence-corrected chi connectivity index (χ4v) is 6.16. The number of hydrogen-bond acceptors (Lipinski definition) is 4. The molecule has 5 nitrogen and oxygen atoms in total. The van der Waals surface area contributed by atoms with Crippen LogP contribution in [0.15, 0.2) is 47.6 Å². The molecule has 1 aromatic heterocycles. The van der Waals surface area contributed by atoms with Crippen LogP contribution in [0.4, 0.5) is 18.2 Å². The van der Waals surface area contributed by atoms with Gasteiger partial charge < -0.3 is 5.32 Å². The summed E-state index contributed by atoms with van der Waals surface area (Å²) in [4.78, 5) is 27.3. The molecular formula is C27H24Cl2F3N3O2S. The molecule has 0 saturated heterocycles. The Morgan fingerprint density at radius 1 is 1.16 bits per heavy atom. The highest BCUT2D eigenvalue weighted by Gasteiger charge is 2.34. The largest absolute Gasteiger partial charge is 0.417 e. The van der Waals surface area contributed by atoms with E-state index in [1.54, 1.807) is 18.2 Å². The Balaban J connectivity index is 1.60. The molecule has 1 aliphatic carbocycles. The molecule has 0 saturated carbocycles. The number of fused-ring (bicyclic) bond motifs is 1. The van der Waals surface area contributed by atoms with Crippen LogP contribution in [0.2, 0.25) is 5.02 Å². The SMILES string of the molecule is CC1(C)CCc2c(sc(NC(=O)c3cccc(CCl)c3)c2C(=O)N/N=C/c2ccc(Cl)c(C(F)(F)F)c2)C1. The van der Waals surface area contributed by atoms with E-state index in [-0.39, 0.29) is 22.8 Å². The maximum absolute atomic E-state index is 13.3. The highest BCUT2D eigenvalue weighted by atomic mass is 35.5. The van der Waals surface area contributed by atoms with E-state index in [9.17, 15) is 22.8 Å². The van der Waals surface area contributed by atoms with Crippen molar-refractivity contribution in [2.45, 2.75) is 45.2 Å². The molecule has 0 spiro atoms. The van der Waals surface area contributed by atoms with Crippen molar-refractivity contribution in [3.63, 3.8) is 0 Å². The Morgan fingerprint density at radius 2 is 1.92 bits per heavy atom. The van der Waals surface area contributed by atoms with Gasteiger partial charge in [-0.3, -0.25) is 9.59 Å². The van der Waals surface area contributed by atoms with Gasteiger partial charge in [-0.05, 0) is 65.6 Å². The zero-order valence-electron chi connectivity index (χ0n) is 20.5. The molecule has 1 heterocycles. The smallest absolute Gasteiger partial charge is 0.313 e. The molecule has 0 fully saturated rings. The first-order chi connectivity index (χ1) is 17.9. The van der Waals surface area contributed by atoms with Gasteiger partial charge >= 0.3 is 6.18 Å². The molecule has 0 atom stereocenters. The minimum atomic E-state index is -4.62. The van der Waals surface area contributed by atoms with Crippen molar-refractivity contribution < 1.29 is 22.8 Å². The second-order valence-corrected chi connectivity index (χ2v) is 11.6. The van der Waals surface area contributed by atoms with Crippen LogP contribution >= 0.6 is 34.5 Å². The lowest BCUT2D eigenvalue weighted by Gasteiger charge is -2.29. The number of rotatable bonds is 6. The molecule has 38 heavy (non-hydrogen) atoms. The fourth-order valence-electron chi connectivity index (χ4n) is 4.27. The Kier molecular flexibility index (Phi) is 8.20. The number of nitrogens with one attached hydrogen (secondary N) is 2. The van der Waals surface area contributed by atoms with Crippen LogP contribution < -0.4 is 10.7 Å². The molecule has 200 valence electrons. The number of halogens is 5. The average Bonchev–Trinajstić information content (AvgIpc) is 3.19. The third-order valence-corrected chi connectivity index (χ3v) is 8.04. The first-order valence-corrected chi connectivity index (χ1v) is 13.4. The van der Waals surface area contributed by atoms with Crippen molar-refractivity contribution in [2.24, 2.45) is 10.5 Å². The number of amides is 2. The summed E-state index contributed by atoms with van der Waals surface area (Å²) in [5.41, 5.74) is 3.92. The van der Waals surface area contributed by atoms with Gasteiger partial charge in [-0.1, -0.05) is 43.6 Å². The quantitative estimate of drug-likeness (QED) is 0.178. The molecule has 2 amide bonds. The van der Waals surface area contributed by atoms with E-state index in [1.165, 1.54) is 17.4 Å². The van der Waals surface area contributed by atoms with Crippen molar-refractivity contribution >= 4 is 57.6 Å². The first-order valence-electron chi connectivity index (χ1n) is 11.7. The van der Waals surface area contributed by atoms with Gasteiger partial charge in [-0.2, -0.15) is 18.3 Å². The van der Waals surface area contributed by atoms with Crippen LogP contribution in [0.3, 0.4) is 0 Å². The normalized spacial score (nSPS) is 14.8. The molecule has 11 heteroatoms. The first kappa shape index (κ1) is 28.1. The molecule has 0 bridgehead atoms. The summed E-state index contributed by atoms with van der Waals surface area (Å²) < 4.78 is 39.5. The molecule has 0 unspecified atom stereocenters. The van der Waals surface area contributed by atoms with Crippen molar-refractivity contribution in [1.29, 1.82) is 0 Å². The van der Waals surface area contributed by atoms with Gasteiger partial charge in [-0.25, -0.2) is 5.43 Å². The standard InChI is InChI=1S/C27H24Cl2F3N3O2S/c1-26(2)9-8-18-21(12-26)38-25(34-23(36)17-5-3-4-15(10-17)13-28)22(18)24(37)35-33-14-16-6-7-20(29)19(11-16)27(30,31)32/h3-7,10-11,14H,8-9,12-13H2,1-2H3,(H,34,36)(H,35,37)/b33-14+. The van der Waals surface area contributed by atoms with E-state index < -0.39 is 22.7 Å². The topological polar surface area (TPSA) is 70.6 Å². The van der Waals surface area contributed by atoms with E-state index in [1.807, 2.05) is 6.07 Å². The Morgan fingerprint density at radius 3 is 2.63 bits per heavy atom. The molecule has 0 radical (unpaired) electrons. The van der Waals surface area contributed by atoms with E-state index in [0.29, 0.717) is 22.5 Å². The summed E-state index contributed by atoms with van der Waals surface area (Å²) in [7, 11) is 0. The summed E-state index contributed by atoms with van der Waals surface area (Å²) in [6, 6.07) is 10.2. The lowest BCUT2D eigenvalue weighted by Crippen LogP contribution is -2.25. The number of carbonyl (C=O) groups excluding carboxylic acids is 2. The van der Waals surface area contributed by atoms with Gasteiger partial charge in [0.2, 0.25) is 0 Å². The Hall–Kier alpha value is -2.88. The molecule has 4 rings (SSSR count). The molecule has 1 aliphatic rings. The lowest BCUT2D eigenvalue weighted by atomic mass is 9.77. The average molecular weight is 582 g/mol. The number of hydrazone groups is 1. The maximum Gasteiger partial charge on any atom is 0.417 e. The van der Waals surface area contributed by atoms with E-state index >= 15 is 0 Å².